The van der Waals surface area contributed by atoms with Gasteiger partial charge in [0, 0.05) is 19.6 Å². The van der Waals surface area contributed by atoms with Gasteiger partial charge in [0.15, 0.2) is 17.5 Å². The number of carbonyl (C=O) groups is 2. The van der Waals surface area contributed by atoms with Gasteiger partial charge in [0.2, 0.25) is 11.8 Å². The third-order valence-corrected chi connectivity index (χ3v) is 5.97. The lowest BCUT2D eigenvalue weighted by Gasteiger charge is -2.18. The number of aliphatic imine (C=N–C) groups is 1. The number of allylic oxidation sites excluding steroid dienone is 2. The molecule has 4 rings (SSSR count). The zero-order chi connectivity index (χ0) is 20.5. The molecule has 2 fully saturated rings. The van der Waals surface area contributed by atoms with Crippen LogP contribution in [-0.4, -0.2) is 47.4 Å². The Bertz CT molecular complexity index is 855. The number of amides is 2. The van der Waals surface area contributed by atoms with Crippen molar-refractivity contribution in [2.45, 2.75) is 19.9 Å². The van der Waals surface area contributed by atoms with Gasteiger partial charge in [-0.25, -0.2) is 9.38 Å². The average Bonchev–Trinajstić information content (AvgIpc) is 3.38. The summed E-state index contributed by atoms with van der Waals surface area (Å²) in [4.78, 5) is 31.2. The number of phenols is 1. The molecule has 1 aliphatic heterocycles. The van der Waals surface area contributed by atoms with Crippen molar-refractivity contribution in [2.75, 3.05) is 19.6 Å². The number of likely N-dealkylation sites (tertiary alicyclic amines) is 1. The topological polar surface area (TPSA) is 94.0 Å². The summed E-state index contributed by atoms with van der Waals surface area (Å²) in [5.41, 5.74) is 0.623. The molecule has 3 N–H and O–H groups in total. The van der Waals surface area contributed by atoms with Crippen molar-refractivity contribution in [3.05, 3.63) is 41.7 Å². The number of nitrogens with zero attached hydrogens (tertiary/aromatic N) is 2. The molecule has 154 valence electrons. The van der Waals surface area contributed by atoms with Gasteiger partial charge in [-0.3, -0.25) is 14.5 Å². The van der Waals surface area contributed by atoms with Crippen LogP contribution < -0.4 is 10.6 Å². The maximum absolute atomic E-state index is 13.5. The zero-order valence-electron chi connectivity index (χ0n) is 16.3. The van der Waals surface area contributed by atoms with Gasteiger partial charge in [-0.2, -0.15) is 0 Å². The van der Waals surface area contributed by atoms with E-state index in [4.69, 9.17) is 0 Å². The van der Waals surface area contributed by atoms with Crippen molar-refractivity contribution in [3.63, 3.8) is 0 Å². The van der Waals surface area contributed by atoms with Gasteiger partial charge in [0.25, 0.3) is 0 Å². The maximum Gasteiger partial charge on any atom is 0.233 e. The molecule has 4 unspecified atom stereocenters. The van der Waals surface area contributed by atoms with E-state index in [1.165, 1.54) is 17.0 Å². The molecule has 0 radical (unpaired) electrons. The molecule has 4 atom stereocenters. The highest BCUT2D eigenvalue weighted by molar-refractivity contribution is 6.06. The smallest absolute Gasteiger partial charge is 0.233 e. The summed E-state index contributed by atoms with van der Waals surface area (Å²) in [6.07, 6.45) is 5.09. The van der Waals surface area contributed by atoms with Crippen molar-refractivity contribution in [1.29, 1.82) is 0 Å². The second-order valence-corrected chi connectivity index (χ2v) is 7.74. The fourth-order valence-corrected chi connectivity index (χ4v) is 4.63. The first-order valence-electron chi connectivity index (χ1n) is 10.0. The van der Waals surface area contributed by atoms with Crippen LogP contribution in [0.3, 0.4) is 0 Å². The Hall–Kier alpha value is -2.90. The van der Waals surface area contributed by atoms with E-state index in [0.29, 0.717) is 31.2 Å². The summed E-state index contributed by atoms with van der Waals surface area (Å²) in [5, 5.41) is 15.5. The molecule has 8 heteroatoms. The molecule has 1 saturated carbocycles. The molecule has 1 aromatic rings. The third-order valence-electron chi connectivity index (χ3n) is 5.97. The van der Waals surface area contributed by atoms with Gasteiger partial charge < -0.3 is 15.7 Å². The van der Waals surface area contributed by atoms with Crippen LogP contribution in [0.1, 0.15) is 18.9 Å². The Kier molecular flexibility index (Phi) is 5.25. The molecule has 7 nitrogen and oxygen atoms in total. The summed E-state index contributed by atoms with van der Waals surface area (Å²) < 4.78 is 13.5. The van der Waals surface area contributed by atoms with Crippen LogP contribution in [0.25, 0.3) is 0 Å². The quantitative estimate of drug-likeness (QED) is 0.290. The summed E-state index contributed by atoms with van der Waals surface area (Å²) in [5.74, 6) is -0.602. The molecule has 3 aliphatic rings. The molecule has 2 aliphatic carbocycles. The number of phenolic OH excluding ortho intramolecular Hbond substituents is 1. The lowest BCUT2D eigenvalue weighted by molar-refractivity contribution is -0.140. The number of benzene rings is 1. The second kappa shape index (κ2) is 7.85. The first-order chi connectivity index (χ1) is 14.0. The van der Waals surface area contributed by atoms with Gasteiger partial charge in [-0.05, 0) is 42.9 Å². The molecule has 1 heterocycles. The zero-order valence-corrected chi connectivity index (χ0v) is 16.3. The van der Waals surface area contributed by atoms with Crippen LogP contribution in [0.15, 0.2) is 35.3 Å². The Morgan fingerprint density at radius 2 is 1.90 bits per heavy atom. The normalized spacial score (nSPS) is 27.7. The molecule has 1 aromatic carbocycles. The van der Waals surface area contributed by atoms with E-state index in [1.807, 2.05) is 6.92 Å². The lowest BCUT2D eigenvalue weighted by Crippen LogP contribution is -2.43. The summed E-state index contributed by atoms with van der Waals surface area (Å²) in [6, 6.07) is 4.14. The van der Waals surface area contributed by atoms with Crippen LogP contribution >= 0.6 is 0 Å². The number of rotatable bonds is 6. The first kappa shape index (κ1) is 19.4. The predicted octanol–water partition coefficient (Wildman–Crippen LogP) is 1.39. The van der Waals surface area contributed by atoms with Crippen LogP contribution in [-0.2, 0) is 16.1 Å². The number of hydrogen-bond acceptors (Lipinski definition) is 4. The minimum absolute atomic E-state index is 0.0554. The highest BCUT2D eigenvalue weighted by atomic mass is 19.1. The first-order valence-corrected chi connectivity index (χ1v) is 10.0. The van der Waals surface area contributed by atoms with Crippen LogP contribution in [0.5, 0.6) is 5.75 Å². The van der Waals surface area contributed by atoms with E-state index in [0.717, 1.165) is 6.42 Å². The van der Waals surface area contributed by atoms with Crippen LogP contribution in [0.2, 0.25) is 0 Å². The number of carbonyl (C=O) groups excluding carboxylic acids is 2. The van der Waals surface area contributed by atoms with Gasteiger partial charge in [-0.1, -0.05) is 18.2 Å². The number of fused-ring (bicyclic) bond motifs is 5. The molecule has 0 spiro atoms. The molecule has 29 heavy (non-hydrogen) atoms. The van der Waals surface area contributed by atoms with E-state index in [-0.39, 0.29) is 42.0 Å². The van der Waals surface area contributed by atoms with E-state index in [1.54, 1.807) is 6.07 Å². The minimum atomic E-state index is -0.685. The number of nitrogens with one attached hydrogen (secondary N) is 2. The monoisotopic (exact) mass is 400 g/mol. The fraction of sp³-hybridized carbons (Fsp3) is 0.476. The molecule has 2 amide bonds. The number of guanidine groups is 1. The predicted molar refractivity (Wildman–Crippen MR) is 105 cm³/mol. The largest absolute Gasteiger partial charge is 0.505 e. The molecule has 1 saturated heterocycles. The van der Waals surface area contributed by atoms with Crippen molar-refractivity contribution < 1.29 is 19.1 Å². The SMILES string of the molecule is CCNC(=NCc1ccc(O)c(F)c1)NCCN1C(=O)C2C3C=CC(C3)C2C1=O. The standard InChI is InChI=1S/C21H25FN4O3/c1-2-23-21(25-11-12-3-6-16(27)15(22)9-12)24-7-8-26-19(28)17-13-4-5-14(10-13)18(17)20(26)29/h3-6,9,13-14,17-18,27H,2,7-8,10-11H2,1H3,(H2,23,24,25). The number of imide groups is 1. The summed E-state index contributed by atoms with van der Waals surface area (Å²) in [6.45, 7) is 3.47. The van der Waals surface area contributed by atoms with Gasteiger partial charge in [0.05, 0.1) is 18.4 Å². The maximum atomic E-state index is 13.5. The van der Waals surface area contributed by atoms with E-state index in [2.05, 4.69) is 27.8 Å². The van der Waals surface area contributed by atoms with Gasteiger partial charge in [0.1, 0.15) is 0 Å². The van der Waals surface area contributed by atoms with Gasteiger partial charge >= 0.3 is 0 Å². The Balaban J connectivity index is 1.33. The highest BCUT2D eigenvalue weighted by Gasteiger charge is 2.58. The van der Waals surface area contributed by atoms with E-state index < -0.39 is 11.6 Å². The van der Waals surface area contributed by atoms with Crippen molar-refractivity contribution in [2.24, 2.45) is 28.7 Å². The number of halogens is 1. The fourth-order valence-electron chi connectivity index (χ4n) is 4.63. The molecule has 2 bridgehead atoms. The average molecular weight is 400 g/mol. The lowest BCUT2D eigenvalue weighted by atomic mass is 9.85. The highest BCUT2D eigenvalue weighted by Crippen LogP contribution is 2.52. The van der Waals surface area contributed by atoms with Crippen molar-refractivity contribution >= 4 is 17.8 Å². The summed E-state index contributed by atoms with van der Waals surface area (Å²) >= 11 is 0. The molecule has 0 aromatic heterocycles. The Morgan fingerprint density at radius 1 is 1.21 bits per heavy atom. The Morgan fingerprint density at radius 3 is 2.52 bits per heavy atom. The van der Waals surface area contributed by atoms with Crippen molar-refractivity contribution in [1.82, 2.24) is 15.5 Å². The number of aromatic hydroxyl groups is 1. The van der Waals surface area contributed by atoms with Crippen LogP contribution in [0, 0.1) is 29.5 Å². The van der Waals surface area contributed by atoms with Gasteiger partial charge in [-0.15, -0.1) is 0 Å². The second-order valence-electron chi connectivity index (χ2n) is 7.74. The number of hydrogen-bond donors (Lipinski definition) is 3. The van der Waals surface area contributed by atoms with Crippen LogP contribution in [0.4, 0.5) is 4.39 Å². The Labute approximate surface area is 168 Å². The summed E-state index contributed by atoms with van der Waals surface area (Å²) in [7, 11) is 0. The van der Waals surface area contributed by atoms with Crippen molar-refractivity contribution in [3.8, 4) is 5.75 Å². The molecular formula is C21H25FN4O3. The minimum Gasteiger partial charge on any atom is -0.505 e. The molecular weight excluding hydrogens is 375 g/mol. The van der Waals surface area contributed by atoms with E-state index in [9.17, 15) is 19.1 Å². The third kappa shape index (κ3) is 3.59. The van der Waals surface area contributed by atoms with E-state index >= 15 is 0 Å².